The molecule has 1 aliphatic rings. The smallest absolute Gasteiger partial charge is 0.236 e. The third kappa shape index (κ3) is 3.52. The second-order valence-electron chi connectivity index (χ2n) is 4.32. The average Bonchev–Trinajstić information content (AvgIpc) is 3.11. The zero-order chi connectivity index (χ0) is 15.5. The summed E-state index contributed by atoms with van der Waals surface area (Å²) in [7, 11) is 0. The molecule has 8 heteroatoms. The van der Waals surface area contributed by atoms with E-state index in [4.69, 9.17) is 27.6 Å². The molecule has 1 saturated heterocycles. The van der Waals surface area contributed by atoms with E-state index in [2.05, 4.69) is 15.5 Å². The van der Waals surface area contributed by atoms with Crippen molar-refractivity contribution in [3.8, 4) is 11.3 Å². The van der Waals surface area contributed by atoms with Gasteiger partial charge in [-0.2, -0.15) is 5.10 Å². The van der Waals surface area contributed by atoms with Gasteiger partial charge in [0.05, 0.1) is 22.0 Å². The van der Waals surface area contributed by atoms with Crippen molar-refractivity contribution in [3.05, 3.63) is 46.1 Å². The molecule has 1 fully saturated rings. The Kier molecular flexibility index (Phi) is 4.52. The predicted octanol–water partition coefficient (Wildman–Crippen LogP) is 3.81. The van der Waals surface area contributed by atoms with E-state index in [1.165, 1.54) is 18.0 Å². The minimum absolute atomic E-state index is 0.0705. The standard InChI is InChI=1S/C14H9Cl2N3O2S/c15-10-3-1-8(5-11(10)16)12-4-2-9(21-12)6-17-19-14-18-13(20)7-22-14/h1-6H,7H2,(H,18,19,20)/b17-6-. The number of carbonyl (C=O) groups excluding carboxylic acids is 1. The van der Waals surface area contributed by atoms with Crippen LogP contribution in [0.15, 0.2) is 45.0 Å². The molecule has 5 nitrogen and oxygen atoms in total. The lowest BCUT2D eigenvalue weighted by Gasteiger charge is -1.99. The Bertz CT molecular complexity index is 786. The molecule has 0 unspecified atom stereocenters. The molecular formula is C14H9Cl2N3O2S. The van der Waals surface area contributed by atoms with Gasteiger partial charge in [0.1, 0.15) is 11.5 Å². The van der Waals surface area contributed by atoms with Gasteiger partial charge >= 0.3 is 0 Å². The highest BCUT2D eigenvalue weighted by atomic mass is 35.5. The maximum atomic E-state index is 11.0. The molecule has 1 aromatic carbocycles. The number of nitrogens with one attached hydrogen (secondary N) is 1. The zero-order valence-corrected chi connectivity index (χ0v) is 13.4. The summed E-state index contributed by atoms with van der Waals surface area (Å²) in [4.78, 5) is 11.0. The van der Waals surface area contributed by atoms with Gasteiger partial charge in [0.2, 0.25) is 5.91 Å². The van der Waals surface area contributed by atoms with Gasteiger partial charge in [0, 0.05) is 5.56 Å². The van der Waals surface area contributed by atoms with Crippen LogP contribution in [0, 0.1) is 0 Å². The molecule has 1 amide bonds. The first-order chi connectivity index (χ1) is 10.6. The highest BCUT2D eigenvalue weighted by Crippen LogP contribution is 2.29. The van der Waals surface area contributed by atoms with Crippen molar-refractivity contribution in [3.63, 3.8) is 0 Å². The van der Waals surface area contributed by atoms with Crippen LogP contribution in [0.3, 0.4) is 0 Å². The van der Waals surface area contributed by atoms with Crippen molar-refractivity contribution in [2.75, 3.05) is 5.75 Å². The molecule has 1 aromatic heterocycles. The summed E-state index contributed by atoms with van der Waals surface area (Å²) in [5.74, 6) is 1.49. The number of carbonyl (C=O) groups is 1. The lowest BCUT2D eigenvalue weighted by Crippen LogP contribution is -2.19. The van der Waals surface area contributed by atoms with Crippen LogP contribution in [0.25, 0.3) is 11.3 Å². The van der Waals surface area contributed by atoms with Crippen LogP contribution in [0.4, 0.5) is 0 Å². The van der Waals surface area contributed by atoms with Gasteiger partial charge in [0.25, 0.3) is 0 Å². The second-order valence-corrected chi connectivity index (χ2v) is 6.10. The van der Waals surface area contributed by atoms with Crippen LogP contribution in [-0.4, -0.2) is 23.0 Å². The van der Waals surface area contributed by atoms with Gasteiger partial charge < -0.3 is 9.73 Å². The summed E-state index contributed by atoms with van der Waals surface area (Å²) >= 11 is 13.2. The monoisotopic (exact) mass is 353 g/mol. The topological polar surface area (TPSA) is 67.0 Å². The fourth-order valence-electron chi connectivity index (χ4n) is 1.74. The Morgan fingerprint density at radius 1 is 1.23 bits per heavy atom. The number of amides is 1. The largest absolute Gasteiger partial charge is 0.455 e. The van der Waals surface area contributed by atoms with E-state index in [-0.39, 0.29) is 5.91 Å². The van der Waals surface area contributed by atoms with E-state index >= 15 is 0 Å². The van der Waals surface area contributed by atoms with E-state index in [0.29, 0.717) is 32.5 Å². The lowest BCUT2D eigenvalue weighted by atomic mass is 10.2. The maximum absolute atomic E-state index is 11.0. The molecule has 3 rings (SSSR count). The van der Waals surface area contributed by atoms with Crippen LogP contribution in [0.2, 0.25) is 10.0 Å². The summed E-state index contributed by atoms with van der Waals surface area (Å²) < 4.78 is 5.64. The first-order valence-electron chi connectivity index (χ1n) is 6.21. The number of hydrogen-bond acceptors (Lipinski definition) is 5. The Balaban J connectivity index is 1.73. The molecule has 0 radical (unpaired) electrons. The van der Waals surface area contributed by atoms with Gasteiger partial charge in [-0.25, -0.2) is 0 Å². The molecule has 0 spiro atoms. The first kappa shape index (κ1) is 15.1. The van der Waals surface area contributed by atoms with Crippen molar-refractivity contribution < 1.29 is 9.21 Å². The van der Waals surface area contributed by atoms with Crippen molar-refractivity contribution in [1.82, 2.24) is 5.32 Å². The van der Waals surface area contributed by atoms with E-state index in [1.54, 1.807) is 24.3 Å². The number of thioether (sulfide) groups is 1. The normalized spacial score (nSPS) is 16.6. The molecule has 0 saturated carbocycles. The summed E-state index contributed by atoms with van der Waals surface area (Å²) in [5.41, 5.74) is 0.818. The number of furan rings is 1. The lowest BCUT2D eigenvalue weighted by molar-refractivity contribution is -0.116. The molecule has 2 aromatic rings. The third-order valence-electron chi connectivity index (χ3n) is 2.75. The second kappa shape index (κ2) is 6.56. The van der Waals surface area contributed by atoms with Crippen molar-refractivity contribution in [2.45, 2.75) is 0 Å². The Labute approximate surface area is 140 Å². The fraction of sp³-hybridized carbons (Fsp3) is 0.0714. The molecule has 1 N–H and O–H groups in total. The maximum Gasteiger partial charge on any atom is 0.236 e. The van der Waals surface area contributed by atoms with Gasteiger partial charge in [-0.15, -0.1) is 5.10 Å². The molecule has 22 heavy (non-hydrogen) atoms. The van der Waals surface area contributed by atoms with Crippen LogP contribution < -0.4 is 5.32 Å². The number of halogens is 2. The number of benzene rings is 1. The minimum Gasteiger partial charge on any atom is -0.455 e. The Hall–Kier alpha value is -1.76. The van der Waals surface area contributed by atoms with Crippen LogP contribution >= 0.6 is 35.0 Å². The number of rotatable bonds is 3. The van der Waals surface area contributed by atoms with E-state index in [0.717, 1.165) is 5.56 Å². The van der Waals surface area contributed by atoms with Gasteiger partial charge in [-0.1, -0.05) is 35.0 Å². The molecule has 0 bridgehead atoms. The van der Waals surface area contributed by atoms with Crippen LogP contribution in [0.1, 0.15) is 5.76 Å². The molecule has 2 heterocycles. The van der Waals surface area contributed by atoms with E-state index in [9.17, 15) is 4.79 Å². The summed E-state index contributed by atoms with van der Waals surface area (Å²) in [6, 6.07) is 8.83. The molecule has 0 aliphatic carbocycles. The molecule has 1 aliphatic heterocycles. The predicted molar refractivity (Wildman–Crippen MR) is 89.8 cm³/mol. The third-order valence-corrected chi connectivity index (χ3v) is 4.35. The van der Waals surface area contributed by atoms with Crippen LogP contribution in [-0.2, 0) is 4.79 Å². The first-order valence-corrected chi connectivity index (χ1v) is 7.95. The van der Waals surface area contributed by atoms with Crippen LogP contribution in [0.5, 0.6) is 0 Å². The molecule has 112 valence electrons. The molecular weight excluding hydrogens is 345 g/mol. The van der Waals surface area contributed by atoms with Gasteiger partial charge in [-0.05, 0) is 30.3 Å². The fourth-order valence-corrected chi connectivity index (χ4v) is 2.67. The summed E-state index contributed by atoms with van der Waals surface area (Å²) in [5, 5.41) is 11.8. The quantitative estimate of drug-likeness (QED) is 0.673. The highest BCUT2D eigenvalue weighted by Gasteiger charge is 2.16. The minimum atomic E-state index is -0.0705. The number of nitrogens with zero attached hydrogens (tertiary/aromatic N) is 2. The Morgan fingerprint density at radius 2 is 2.09 bits per heavy atom. The average molecular weight is 354 g/mol. The summed E-state index contributed by atoms with van der Waals surface area (Å²) in [6.07, 6.45) is 1.47. The number of hydrogen-bond donors (Lipinski definition) is 1. The van der Waals surface area contributed by atoms with E-state index in [1.807, 2.05) is 6.07 Å². The summed E-state index contributed by atoms with van der Waals surface area (Å²) in [6.45, 7) is 0. The van der Waals surface area contributed by atoms with E-state index < -0.39 is 0 Å². The van der Waals surface area contributed by atoms with Crippen molar-refractivity contribution >= 4 is 52.3 Å². The van der Waals surface area contributed by atoms with Gasteiger partial charge in [-0.3, -0.25) is 4.79 Å². The van der Waals surface area contributed by atoms with Crippen molar-refractivity contribution in [2.24, 2.45) is 10.2 Å². The highest BCUT2D eigenvalue weighted by molar-refractivity contribution is 8.15. The SMILES string of the molecule is O=C1CS/C(=N/N=C\c2ccc(-c3ccc(Cl)c(Cl)c3)o2)N1. The van der Waals surface area contributed by atoms with Crippen molar-refractivity contribution in [1.29, 1.82) is 0 Å². The zero-order valence-electron chi connectivity index (χ0n) is 11.0. The molecule has 0 atom stereocenters. The van der Waals surface area contributed by atoms with Gasteiger partial charge in [0.15, 0.2) is 5.17 Å². The Morgan fingerprint density at radius 3 is 2.82 bits per heavy atom. The number of amidine groups is 1.